The molecule has 1 fully saturated rings. The van der Waals surface area contributed by atoms with Gasteiger partial charge in [-0.15, -0.1) is 0 Å². The van der Waals surface area contributed by atoms with E-state index < -0.39 is 0 Å². The Balaban J connectivity index is 1.67. The molecule has 0 radical (unpaired) electrons. The number of benzene rings is 1. The van der Waals surface area contributed by atoms with Crippen LogP contribution in [0.15, 0.2) is 24.3 Å². The molecule has 1 heterocycles. The number of hydrogen-bond acceptors (Lipinski definition) is 2. The Kier molecular flexibility index (Phi) is 6.72. The Labute approximate surface area is 130 Å². The van der Waals surface area contributed by atoms with Crippen molar-refractivity contribution in [1.82, 2.24) is 10.2 Å². The van der Waals surface area contributed by atoms with Gasteiger partial charge in [0.1, 0.15) is 0 Å². The van der Waals surface area contributed by atoms with Gasteiger partial charge in [0.05, 0.1) is 0 Å². The van der Waals surface area contributed by atoms with Gasteiger partial charge in [0.2, 0.25) is 0 Å². The summed E-state index contributed by atoms with van der Waals surface area (Å²) in [5.41, 5.74) is 2.82. The van der Waals surface area contributed by atoms with Gasteiger partial charge in [0.25, 0.3) is 0 Å². The lowest BCUT2D eigenvalue weighted by molar-refractivity contribution is 0.163. The molecular formula is C19H32N2. The van der Waals surface area contributed by atoms with Gasteiger partial charge >= 0.3 is 0 Å². The van der Waals surface area contributed by atoms with Gasteiger partial charge in [-0.2, -0.15) is 0 Å². The second-order valence-corrected chi connectivity index (χ2v) is 6.66. The number of nitrogens with one attached hydrogen (secondary N) is 1. The Morgan fingerprint density at radius 1 is 1.29 bits per heavy atom. The van der Waals surface area contributed by atoms with Crippen LogP contribution in [0.3, 0.4) is 0 Å². The standard InChI is InChI=1S/C19H32N2/c1-4-12-21-13-9-19(10-14-21)17(3)20-11-8-18-7-5-6-16(2)15-18/h5-7,15,17,19-20H,4,8-14H2,1-3H3. The van der Waals surface area contributed by atoms with E-state index in [0.717, 1.165) is 18.9 Å². The quantitative estimate of drug-likeness (QED) is 0.824. The molecule has 1 aliphatic rings. The number of likely N-dealkylation sites (tertiary alicyclic amines) is 1. The Morgan fingerprint density at radius 3 is 2.71 bits per heavy atom. The van der Waals surface area contributed by atoms with E-state index >= 15 is 0 Å². The summed E-state index contributed by atoms with van der Waals surface area (Å²) in [7, 11) is 0. The zero-order valence-electron chi connectivity index (χ0n) is 14.1. The van der Waals surface area contributed by atoms with Crippen LogP contribution in [-0.2, 0) is 6.42 Å². The third kappa shape index (κ3) is 5.44. The molecule has 0 spiro atoms. The monoisotopic (exact) mass is 288 g/mol. The minimum atomic E-state index is 0.651. The summed E-state index contributed by atoms with van der Waals surface area (Å²) in [6.45, 7) is 11.8. The summed E-state index contributed by atoms with van der Waals surface area (Å²) in [6.07, 6.45) is 5.15. The minimum absolute atomic E-state index is 0.651. The van der Waals surface area contributed by atoms with Crippen molar-refractivity contribution in [1.29, 1.82) is 0 Å². The van der Waals surface area contributed by atoms with Crippen molar-refractivity contribution in [3.8, 4) is 0 Å². The van der Waals surface area contributed by atoms with Gasteiger partial charge in [-0.3, -0.25) is 0 Å². The van der Waals surface area contributed by atoms with E-state index in [1.807, 2.05) is 0 Å². The molecule has 1 atom stereocenters. The van der Waals surface area contributed by atoms with Crippen LogP contribution in [0.1, 0.15) is 44.2 Å². The molecule has 1 saturated heterocycles. The average Bonchev–Trinajstić information content (AvgIpc) is 2.48. The van der Waals surface area contributed by atoms with Gasteiger partial charge in [-0.1, -0.05) is 36.8 Å². The van der Waals surface area contributed by atoms with Crippen molar-refractivity contribution in [2.45, 2.75) is 52.5 Å². The van der Waals surface area contributed by atoms with Gasteiger partial charge in [-0.05, 0) is 77.2 Å². The lowest BCUT2D eigenvalue weighted by atomic mass is 9.90. The summed E-state index contributed by atoms with van der Waals surface area (Å²) < 4.78 is 0. The number of nitrogens with zero attached hydrogens (tertiary/aromatic N) is 1. The first kappa shape index (κ1) is 16.5. The third-order valence-corrected chi connectivity index (χ3v) is 4.84. The maximum absolute atomic E-state index is 3.75. The van der Waals surface area contributed by atoms with Crippen LogP contribution in [-0.4, -0.2) is 37.1 Å². The van der Waals surface area contributed by atoms with Crippen LogP contribution in [0.2, 0.25) is 0 Å². The van der Waals surface area contributed by atoms with E-state index in [1.54, 1.807) is 0 Å². The van der Waals surface area contributed by atoms with Crippen LogP contribution in [0.25, 0.3) is 0 Å². The fourth-order valence-electron chi connectivity index (χ4n) is 3.47. The number of piperidine rings is 1. The summed E-state index contributed by atoms with van der Waals surface area (Å²) in [5.74, 6) is 0.857. The van der Waals surface area contributed by atoms with Crippen molar-refractivity contribution in [2.24, 2.45) is 5.92 Å². The van der Waals surface area contributed by atoms with Crippen molar-refractivity contribution in [3.63, 3.8) is 0 Å². The molecule has 0 aromatic heterocycles. The molecule has 118 valence electrons. The molecule has 2 rings (SSSR count). The Bertz CT molecular complexity index is 408. The molecular weight excluding hydrogens is 256 g/mol. The highest BCUT2D eigenvalue weighted by Gasteiger charge is 2.22. The fraction of sp³-hybridized carbons (Fsp3) is 0.684. The number of hydrogen-bond donors (Lipinski definition) is 1. The SMILES string of the molecule is CCCN1CCC(C(C)NCCc2cccc(C)c2)CC1. The van der Waals surface area contributed by atoms with Gasteiger partial charge < -0.3 is 10.2 Å². The van der Waals surface area contributed by atoms with Crippen LogP contribution < -0.4 is 5.32 Å². The third-order valence-electron chi connectivity index (χ3n) is 4.84. The van der Waals surface area contributed by atoms with Crippen molar-refractivity contribution < 1.29 is 0 Å². The smallest absolute Gasteiger partial charge is 0.00680 e. The molecule has 0 amide bonds. The molecule has 2 nitrogen and oxygen atoms in total. The van der Waals surface area contributed by atoms with Crippen molar-refractivity contribution >= 4 is 0 Å². The molecule has 2 heteroatoms. The molecule has 1 aromatic rings. The van der Waals surface area contributed by atoms with Crippen LogP contribution >= 0.6 is 0 Å². The van der Waals surface area contributed by atoms with E-state index in [4.69, 9.17) is 0 Å². The zero-order chi connectivity index (χ0) is 15.1. The predicted octanol–water partition coefficient (Wildman–Crippen LogP) is 3.64. The Morgan fingerprint density at radius 2 is 2.05 bits per heavy atom. The topological polar surface area (TPSA) is 15.3 Å². The summed E-state index contributed by atoms with van der Waals surface area (Å²) >= 11 is 0. The first-order chi connectivity index (χ1) is 10.2. The molecule has 0 aliphatic carbocycles. The fourth-order valence-corrected chi connectivity index (χ4v) is 3.47. The van der Waals surface area contributed by atoms with Crippen molar-refractivity contribution in [3.05, 3.63) is 35.4 Å². The molecule has 1 aliphatic heterocycles. The highest BCUT2D eigenvalue weighted by atomic mass is 15.1. The lowest BCUT2D eigenvalue weighted by Crippen LogP contribution is -2.42. The van der Waals surface area contributed by atoms with Gasteiger partial charge in [0, 0.05) is 6.04 Å². The summed E-state index contributed by atoms with van der Waals surface area (Å²) in [4.78, 5) is 2.62. The molecule has 1 aromatic carbocycles. The van der Waals surface area contributed by atoms with Crippen LogP contribution in [0.4, 0.5) is 0 Å². The second kappa shape index (κ2) is 8.55. The first-order valence-electron chi connectivity index (χ1n) is 8.70. The van der Waals surface area contributed by atoms with Gasteiger partial charge in [0.15, 0.2) is 0 Å². The molecule has 21 heavy (non-hydrogen) atoms. The highest BCUT2D eigenvalue weighted by Crippen LogP contribution is 2.20. The van der Waals surface area contributed by atoms with Crippen LogP contribution in [0, 0.1) is 12.8 Å². The largest absolute Gasteiger partial charge is 0.314 e. The molecule has 0 bridgehead atoms. The summed E-state index contributed by atoms with van der Waals surface area (Å²) in [6, 6.07) is 9.53. The van der Waals surface area contributed by atoms with E-state index in [9.17, 15) is 0 Å². The Hall–Kier alpha value is -0.860. The van der Waals surface area contributed by atoms with Gasteiger partial charge in [-0.25, -0.2) is 0 Å². The normalized spacial score (nSPS) is 18.8. The van der Waals surface area contributed by atoms with E-state index in [0.29, 0.717) is 6.04 Å². The second-order valence-electron chi connectivity index (χ2n) is 6.66. The van der Waals surface area contributed by atoms with E-state index in [1.165, 1.54) is 50.0 Å². The molecule has 1 N–H and O–H groups in total. The number of aryl methyl sites for hydroxylation is 1. The van der Waals surface area contributed by atoms with E-state index in [-0.39, 0.29) is 0 Å². The van der Waals surface area contributed by atoms with Crippen molar-refractivity contribution in [2.75, 3.05) is 26.2 Å². The minimum Gasteiger partial charge on any atom is -0.314 e. The summed E-state index contributed by atoms with van der Waals surface area (Å²) in [5, 5.41) is 3.75. The zero-order valence-corrected chi connectivity index (χ0v) is 14.1. The predicted molar refractivity (Wildman–Crippen MR) is 91.8 cm³/mol. The maximum atomic E-state index is 3.75. The van der Waals surface area contributed by atoms with Crippen LogP contribution in [0.5, 0.6) is 0 Å². The van der Waals surface area contributed by atoms with E-state index in [2.05, 4.69) is 55.3 Å². The lowest BCUT2D eigenvalue weighted by Gasteiger charge is -2.35. The molecule has 1 unspecified atom stereocenters. The number of rotatable bonds is 7. The first-order valence-corrected chi connectivity index (χ1v) is 8.70. The average molecular weight is 288 g/mol. The molecule has 0 saturated carbocycles. The highest BCUT2D eigenvalue weighted by molar-refractivity contribution is 5.22. The maximum Gasteiger partial charge on any atom is 0.00680 e.